The van der Waals surface area contributed by atoms with Crippen molar-refractivity contribution in [1.29, 1.82) is 0 Å². The lowest BCUT2D eigenvalue weighted by molar-refractivity contribution is 0.472. The fourth-order valence-corrected chi connectivity index (χ4v) is 1.35. The van der Waals surface area contributed by atoms with Crippen LogP contribution in [0.4, 0.5) is 0 Å². The number of fused-ring (bicyclic) bond motifs is 1. The molecule has 1 N–H and O–H groups in total. The van der Waals surface area contributed by atoms with Gasteiger partial charge in [-0.2, -0.15) is 0 Å². The largest absolute Gasteiger partial charge is 0.506 e. The summed E-state index contributed by atoms with van der Waals surface area (Å²) in [7, 11) is 0. The molecule has 0 aliphatic carbocycles. The third-order valence-electron chi connectivity index (χ3n) is 1.41. The molecule has 0 bridgehead atoms. The maximum atomic E-state index is 9.08. The van der Waals surface area contributed by atoms with Gasteiger partial charge in [-0.3, -0.25) is 0 Å². The van der Waals surface area contributed by atoms with E-state index in [1.54, 1.807) is 28.9 Å². The minimum atomic E-state index is 0.238. The highest BCUT2D eigenvalue weighted by molar-refractivity contribution is 9.10. The Bertz CT molecular complexity index is 396. The van der Waals surface area contributed by atoms with Crippen molar-refractivity contribution < 1.29 is 5.11 Å². The highest BCUT2D eigenvalue weighted by Gasteiger charge is 1.97. The Morgan fingerprint density at radius 1 is 1.36 bits per heavy atom. The van der Waals surface area contributed by atoms with Crippen LogP contribution < -0.4 is 0 Å². The number of nitrogens with zero attached hydrogens (tertiary/aromatic N) is 2. The molecule has 2 rings (SSSR count). The summed E-state index contributed by atoms with van der Waals surface area (Å²) < 4.78 is 2.52. The monoisotopic (exact) mass is 212 g/mol. The van der Waals surface area contributed by atoms with Crippen molar-refractivity contribution in [2.75, 3.05) is 0 Å². The van der Waals surface area contributed by atoms with Gasteiger partial charge in [-0.05, 0) is 28.1 Å². The smallest absolute Gasteiger partial charge is 0.138 e. The molecule has 0 aromatic carbocycles. The number of rotatable bonds is 0. The van der Waals surface area contributed by atoms with E-state index in [0.29, 0.717) is 0 Å². The Labute approximate surface area is 71.4 Å². The van der Waals surface area contributed by atoms with Gasteiger partial charge in [0, 0.05) is 6.20 Å². The molecule has 2 aromatic heterocycles. The van der Waals surface area contributed by atoms with Gasteiger partial charge in [-0.1, -0.05) is 0 Å². The Morgan fingerprint density at radius 2 is 2.18 bits per heavy atom. The van der Waals surface area contributed by atoms with E-state index in [9.17, 15) is 0 Å². The minimum absolute atomic E-state index is 0.238. The first kappa shape index (κ1) is 6.67. The second-order valence-electron chi connectivity index (χ2n) is 2.22. The van der Waals surface area contributed by atoms with Crippen LogP contribution in [-0.4, -0.2) is 14.5 Å². The molecule has 56 valence electrons. The Balaban J connectivity index is 2.82. The van der Waals surface area contributed by atoms with Crippen molar-refractivity contribution in [3.63, 3.8) is 0 Å². The van der Waals surface area contributed by atoms with E-state index in [1.165, 1.54) is 0 Å². The first-order valence-electron chi connectivity index (χ1n) is 3.09. The zero-order chi connectivity index (χ0) is 7.84. The lowest BCUT2D eigenvalue weighted by atomic mass is 10.4. The van der Waals surface area contributed by atoms with Gasteiger partial charge < -0.3 is 9.51 Å². The molecule has 0 amide bonds. The van der Waals surface area contributed by atoms with Gasteiger partial charge in [0.2, 0.25) is 0 Å². The van der Waals surface area contributed by atoms with Crippen molar-refractivity contribution >= 4 is 21.6 Å². The van der Waals surface area contributed by atoms with Crippen LogP contribution in [0.25, 0.3) is 5.65 Å². The molecule has 0 unspecified atom stereocenters. The molecule has 2 aromatic rings. The number of hydrogen-bond acceptors (Lipinski definition) is 2. The van der Waals surface area contributed by atoms with Gasteiger partial charge in [0.25, 0.3) is 0 Å². The topological polar surface area (TPSA) is 37.5 Å². The molecular formula is C7H5BrN2O. The van der Waals surface area contributed by atoms with Crippen LogP contribution >= 0.6 is 15.9 Å². The third kappa shape index (κ3) is 1.09. The minimum Gasteiger partial charge on any atom is -0.506 e. The molecule has 3 nitrogen and oxygen atoms in total. The summed E-state index contributed by atoms with van der Waals surface area (Å²) in [6.45, 7) is 0. The van der Waals surface area contributed by atoms with E-state index in [1.807, 2.05) is 0 Å². The van der Waals surface area contributed by atoms with E-state index in [4.69, 9.17) is 5.11 Å². The summed E-state index contributed by atoms with van der Waals surface area (Å²) in [6, 6.07) is 3.36. The van der Waals surface area contributed by atoms with Gasteiger partial charge in [-0.25, -0.2) is 4.98 Å². The van der Waals surface area contributed by atoms with Crippen LogP contribution in [0, 0.1) is 0 Å². The lowest BCUT2D eigenvalue weighted by Gasteiger charge is -1.91. The molecule has 0 fully saturated rings. The van der Waals surface area contributed by atoms with E-state index in [2.05, 4.69) is 20.9 Å². The number of hydrogen-bond donors (Lipinski definition) is 1. The average molecular weight is 213 g/mol. The van der Waals surface area contributed by atoms with Gasteiger partial charge >= 0.3 is 0 Å². The molecule has 11 heavy (non-hydrogen) atoms. The number of pyridine rings is 1. The molecule has 0 radical (unpaired) electrons. The molecule has 4 heteroatoms. The normalized spacial score (nSPS) is 10.6. The molecule has 0 spiro atoms. The van der Waals surface area contributed by atoms with Crippen LogP contribution in [0.5, 0.6) is 5.75 Å². The van der Waals surface area contributed by atoms with Gasteiger partial charge in [0.1, 0.15) is 16.0 Å². The first-order valence-corrected chi connectivity index (χ1v) is 3.88. The quantitative estimate of drug-likeness (QED) is 0.724. The second kappa shape index (κ2) is 2.23. The summed E-state index contributed by atoms with van der Waals surface area (Å²) in [5.74, 6) is 0.238. The van der Waals surface area contributed by atoms with Crippen molar-refractivity contribution in [3.8, 4) is 5.75 Å². The molecule has 0 aliphatic heterocycles. The zero-order valence-electron chi connectivity index (χ0n) is 5.53. The van der Waals surface area contributed by atoms with Crippen molar-refractivity contribution in [2.45, 2.75) is 0 Å². The molecule has 0 saturated carbocycles. The van der Waals surface area contributed by atoms with Crippen LogP contribution in [-0.2, 0) is 0 Å². The molecule has 0 atom stereocenters. The van der Waals surface area contributed by atoms with E-state index < -0.39 is 0 Å². The molecule has 0 aliphatic rings. The summed E-state index contributed by atoms with van der Waals surface area (Å²) in [5.41, 5.74) is 0.815. The van der Waals surface area contributed by atoms with E-state index in [-0.39, 0.29) is 5.75 Å². The maximum absolute atomic E-state index is 9.08. The number of aromatic hydroxyl groups is 1. The average Bonchev–Trinajstić information content (AvgIpc) is 2.27. The second-order valence-corrected chi connectivity index (χ2v) is 3.03. The highest BCUT2D eigenvalue weighted by atomic mass is 79.9. The summed E-state index contributed by atoms with van der Waals surface area (Å²) in [6.07, 6.45) is 3.39. The van der Waals surface area contributed by atoms with Crippen LogP contribution in [0.3, 0.4) is 0 Å². The summed E-state index contributed by atoms with van der Waals surface area (Å²) >= 11 is 3.24. The number of imidazole rings is 1. The van der Waals surface area contributed by atoms with Crippen molar-refractivity contribution in [2.24, 2.45) is 0 Å². The van der Waals surface area contributed by atoms with Crippen LogP contribution in [0.2, 0.25) is 0 Å². The molecule has 0 saturated heterocycles. The first-order chi connectivity index (χ1) is 5.25. The standard InChI is InChI=1S/C7H5BrN2O/c8-6-4-10-3-5(11)1-2-7(10)9-6/h1-4,11H. The zero-order valence-corrected chi connectivity index (χ0v) is 7.12. The Hall–Kier alpha value is -1.03. The predicted octanol–water partition coefficient (Wildman–Crippen LogP) is 1.80. The summed E-state index contributed by atoms with van der Waals surface area (Å²) in [4.78, 5) is 4.12. The van der Waals surface area contributed by atoms with Crippen molar-refractivity contribution in [3.05, 3.63) is 29.1 Å². The predicted molar refractivity (Wildman–Crippen MR) is 44.6 cm³/mol. The maximum Gasteiger partial charge on any atom is 0.138 e. The third-order valence-corrected chi connectivity index (χ3v) is 1.79. The van der Waals surface area contributed by atoms with Gasteiger partial charge in [0.05, 0.1) is 6.20 Å². The fourth-order valence-electron chi connectivity index (χ4n) is 0.949. The van der Waals surface area contributed by atoms with Crippen molar-refractivity contribution in [1.82, 2.24) is 9.38 Å². The molecular weight excluding hydrogens is 208 g/mol. The van der Waals surface area contributed by atoms with Crippen LogP contribution in [0.15, 0.2) is 29.1 Å². The Kier molecular flexibility index (Phi) is 1.35. The number of halogens is 1. The number of aromatic nitrogens is 2. The van der Waals surface area contributed by atoms with Gasteiger partial charge in [0.15, 0.2) is 0 Å². The highest BCUT2D eigenvalue weighted by Crippen LogP contribution is 2.14. The Morgan fingerprint density at radius 3 is 3.00 bits per heavy atom. The lowest BCUT2D eigenvalue weighted by Crippen LogP contribution is -1.79. The fraction of sp³-hybridized carbons (Fsp3) is 0. The molecule has 2 heterocycles. The van der Waals surface area contributed by atoms with Gasteiger partial charge in [-0.15, -0.1) is 0 Å². The summed E-state index contributed by atoms with van der Waals surface area (Å²) in [5, 5.41) is 9.08. The van der Waals surface area contributed by atoms with Crippen LogP contribution in [0.1, 0.15) is 0 Å². The SMILES string of the molecule is Oc1ccc2nc(Br)cn2c1. The van der Waals surface area contributed by atoms with E-state index >= 15 is 0 Å². The van der Waals surface area contributed by atoms with E-state index in [0.717, 1.165) is 10.3 Å².